The summed E-state index contributed by atoms with van der Waals surface area (Å²) in [7, 11) is 0. The van der Waals surface area contributed by atoms with Crippen LogP contribution in [0.3, 0.4) is 0 Å². The molecule has 0 bridgehead atoms. The van der Waals surface area contributed by atoms with Crippen molar-refractivity contribution in [3.05, 3.63) is 137 Å². The zero-order valence-corrected chi connectivity index (χ0v) is 25.3. The quantitative estimate of drug-likeness (QED) is 0.123. The molecule has 0 aliphatic rings. The smallest absolute Gasteiger partial charge is 0.341 e. The lowest BCUT2D eigenvalue weighted by Gasteiger charge is -2.18. The molecule has 6 nitrogen and oxygen atoms in total. The normalized spacial score (nSPS) is 11.4. The first-order chi connectivity index (χ1) is 20.9. The number of thiophene rings is 1. The van der Waals surface area contributed by atoms with Crippen LogP contribution in [0.4, 0.5) is 10.7 Å². The van der Waals surface area contributed by atoms with E-state index < -0.39 is 11.2 Å². The Bertz CT molecular complexity index is 1740. The summed E-state index contributed by atoms with van der Waals surface area (Å²) in [6, 6.07) is 33.9. The highest BCUT2D eigenvalue weighted by molar-refractivity contribution is 8.00. The van der Waals surface area contributed by atoms with Crippen LogP contribution in [0, 0.1) is 6.92 Å². The second-order valence-electron chi connectivity index (χ2n) is 9.63. The van der Waals surface area contributed by atoms with Crippen LogP contribution in [0.1, 0.15) is 44.0 Å². The van der Waals surface area contributed by atoms with Gasteiger partial charge in [0, 0.05) is 27.1 Å². The van der Waals surface area contributed by atoms with Gasteiger partial charge < -0.3 is 15.4 Å². The third-order valence-corrected chi connectivity index (χ3v) is 8.81. The van der Waals surface area contributed by atoms with Gasteiger partial charge in [-0.3, -0.25) is 9.59 Å². The Hall–Kier alpha value is -4.66. The number of rotatable bonds is 10. The van der Waals surface area contributed by atoms with Crippen LogP contribution in [-0.2, 0) is 9.53 Å². The van der Waals surface area contributed by atoms with Gasteiger partial charge in [-0.1, -0.05) is 84.9 Å². The fraction of sp³-hybridized carbons (Fsp3) is 0.114. The minimum absolute atomic E-state index is 0.198. The Labute approximate surface area is 259 Å². The van der Waals surface area contributed by atoms with Crippen LogP contribution < -0.4 is 10.6 Å². The molecule has 216 valence electrons. The van der Waals surface area contributed by atoms with Gasteiger partial charge in [-0.25, -0.2) is 4.79 Å². The summed E-state index contributed by atoms with van der Waals surface area (Å²) in [6.45, 7) is 3.87. The zero-order chi connectivity index (χ0) is 30.2. The van der Waals surface area contributed by atoms with Gasteiger partial charge in [0.1, 0.15) is 15.8 Å². The molecule has 0 radical (unpaired) electrons. The molecule has 0 fully saturated rings. The summed E-state index contributed by atoms with van der Waals surface area (Å²) < 4.78 is 5.37. The predicted octanol–water partition coefficient (Wildman–Crippen LogP) is 8.62. The number of ether oxygens (including phenoxy) is 1. The lowest BCUT2D eigenvalue weighted by Crippen LogP contribution is -2.20. The summed E-state index contributed by atoms with van der Waals surface area (Å²) >= 11 is 2.65. The van der Waals surface area contributed by atoms with E-state index in [1.807, 2.05) is 115 Å². The number of carbonyl (C=O) groups excluding carboxylic acids is 3. The average Bonchev–Trinajstić information content (AvgIpc) is 3.44. The number of thioether (sulfide) groups is 1. The van der Waals surface area contributed by atoms with E-state index in [2.05, 4.69) is 10.6 Å². The molecule has 1 heterocycles. The third kappa shape index (κ3) is 7.23. The Balaban J connectivity index is 1.42. The molecule has 0 saturated carbocycles. The van der Waals surface area contributed by atoms with Crippen LogP contribution in [0.15, 0.2) is 119 Å². The number of esters is 1. The molecule has 0 aliphatic carbocycles. The highest BCUT2D eigenvalue weighted by atomic mass is 32.2. The fourth-order valence-electron chi connectivity index (χ4n) is 4.57. The first-order valence-corrected chi connectivity index (χ1v) is 15.5. The van der Waals surface area contributed by atoms with Crippen molar-refractivity contribution in [2.45, 2.75) is 24.0 Å². The standard InChI is InChI=1S/C35H30N2O4S2/c1-3-41-35(40)30-29(24-14-6-4-7-15-24)22-42-34(30)37-33(39)31(25-16-8-5-9-17-25)43-27-19-12-18-26(21-27)36-32(38)28-20-11-10-13-23(28)2/h4-22,31H,3H2,1-2H3,(H,36,38)(H,37,39). The van der Waals surface area contributed by atoms with E-state index in [-0.39, 0.29) is 18.4 Å². The molecule has 0 saturated heterocycles. The van der Waals surface area contributed by atoms with Gasteiger partial charge in [-0.2, -0.15) is 0 Å². The number of hydrogen-bond acceptors (Lipinski definition) is 6. The summed E-state index contributed by atoms with van der Waals surface area (Å²) in [5, 5.41) is 7.65. The highest BCUT2D eigenvalue weighted by Gasteiger charge is 2.27. The lowest BCUT2D eigenvalue weighted by atomic mass is 10.0. The number of aryl methyl sites for hydroxylation is 1. The van der Waals surface area contributed by atoms with E-state index in [9.17, 15) is 14.4 Å². The van der Waals surface area contributed by atoms with Crippen molar-refractivity contribution in [3.63, 3.8) is 0 Å². The SMILES string of the molecule is CCOC(=O)c1c(-c2ccccc2)csc1NC(=O)C(Sc1cccc(NC(=O)c2ccccc2C)c1)c1ccccc1. The van der Waals surface area contributed by atoms with Crippen molar-refractivity contribution in [3.8, 4) is 11.1 Å². The minimum Gasteiger partial charge on any atom is -0.462 e. The number of carbonyl (C=O) groups is 3. The molecule has 1 unspecified atom stereocenters. The lowest BCUT2D eigenvalue weighted by molar-refractivity contribution is -0.115. The Morgan fingerprint density at radius 2 is 1.53 bits per heavy atom. The van der Waals surface area contributed by atoms with Crippen LogP contribution in [0.5, 0.6) is 0 Å². The van der Waals surface area contributed by atoms with Crippen LogP contribution in [0.2, 0.25) is 0 Å². The van der Waals surface area contributed by atoms with E-state index in [4.69, 9.17) is 4.74 Å². The van der Waals surface area contributed by atoms with Crippen molar-refractivity contribution < 1.29 is 19.1 Å². The monoisotopic (exact) mass is 606 g/mol. The van der Waals surface area contributed by atoms with Gasteiger partial charge in [0.05, 0.1) is 6.61 Å². The number of nitrogens with one attached hydrogen (secondary N) is 2. The summed E-state index contributed by atoms with van der Waals surface area (Å²) in [4.78, 5) is 40.7. The molecule has 5 rings (SSSR count). The molecule has 8 heteroatoms. The maximum absolute atomic E-state index is 13.9. The predicted molar refractivity (Wildman–Crippen MR) is 175 cm³/mol. The van der Waals surface area contributed by atoms with Gasteiger partial charge in [-0.05, 0) is 54.8 Å². The van der Waals surface area contributed by atoms with Gasteiger partial charge in [0.25, 0.3) is 5.91 Å². The molecule has 0 spiro atoms. The molecule has 1 aromatic heterocycles. The molecule has 0 aliphatic heterocycles. The van der Waals surface area contributed by atoms with Gasteiger partial charge in [-0.15, -0.1) is 23.1 Å². The fourth-order valence-corrected chi connectivity index (χ4v) is 6.62. The number of amides is 2. The molecular weight excluding hydrogens is 577 g/mol. The highest BCUT2D eigenvalue weighted by Crippen LogP contribution is 2.40. The van der Waals surface area contributed by atoms with Crippen molar-refractivity contribution in [1.82, 2.24) is 0 Å². The second kappa shape index (κ2) is 14.0. The maximum Gasteiger partial charge on any atom is 0.341 e. The van der Waals surface area contributed by atoms with Gasteiger partial charge in [0.15, 0.2) is 0 Å². The van der Waals surface area contributed by atoms with Crippen LogP contribution in [-0.4, -0.2) is 24.4 Å². The summed E-state index contributed by atoms with van der Waals surface area (Å²) in [5.74, 6) is -0.965. The Morgan fingerprint density at radius 3 is 2.26 bits per heavy atom. The Kier molecular flexibility index (Phi) is 9.71. The van der Waals surface area contributed by atoms with Gasteiger partial charge >= 0.3 is 5.97 Å². The van der Waals surface area contributed by atoms with Crippen LogP contribution >= 0.6 is 23.1 Å². The molecule has 1 atom stereocenters. The van der Waals surface area contributed by atoms with Crippen molar-refractivity contribution in [2.24, 2.45) is 0 Å². The first-order valence-electron chi connectivity index (χ1n) is 13.8. The van der Waals surface area contributed by atoms with Crippen LogP contribution in [0.25, 0.3) is 11.1 Å². The van der Waals surface area contributed by atoms with Crippen molar-refractivity contribution in [2.75, 3.05) is 17.2 Å². The average molecular weight is 607 g/mol. The van der Waals surface area contributed by atoms with Gasteiger partial charge in [0.2, 0.25) is 5.91 Å². The molecular formula is C35H30N2O4S2. The molecule has 2 N–H and O–H groups in total. The second-order valence-corrected chi connectivity index (χ2v) is 11.7. The van der Waals surface area contributed by atoms with E-state index in [1.54, 1.807) is 13.0 Å². The van der Waals surface area contributed by atoms with E-state index in [0.717, 1.165) is 21.6 Å². The summed E-state index contributed by atoms with van der Waals surface area (Å²) in [6.07, 6.45) is 0. The Morgan fingerprint density at radius 1 is 0.837 bits per heavy atom. The minimum atomic E-state index is -0.638. The third-order valence-electron chi connectivity index (χ3n) is 6.67. The largest absolute Gasteiger partial charge is 0.462 e. The summed E-state index contributed by atoms with van der Waals surface area (Å²) in [5.41, 5.74) is 4.82. The molecule has 5 aromatic rings. The molecule has 4 aromatic carbocycles. The number of benzene rings is 4. The van der Waals surface area contributed by atoms with Crippen molar-refractivity contribution in [1.29, 1.82) is 0 Å². The number of hydrogen-bond donors (Lipinski definition) is 2. The van der Waals surface area contributed by atoms with E-state index in [1.165, 1.54) is 23.1 Å². The van der Waals surface area contributed by atoms with E-state index in [0.29, 0.717) is 27.4 Å². The van der Waals surface area contributed by atoms with E-state index >= 15 is 0 Å². The molecule has 43 heavy (non-hydrogen) atoms. The van der Waals surface area contributed by atoms with Crippen molar-refractivity contribution >= 4 is 51.6 Å². The first kappa shape index (κ1) is 29.8. The zero-order valence-electron chi connectivity index (χ0n) is 23.7. The molecule has 2 amide bonds. The maximum atomic E-state index is 13.9. The topological polar surface area (TPSA) is 84.5 Å². The number of anilines is 2.